The molecule has 0 atom stereocenters. The van der Waals surface area contributed by atoms with E-state index in [9.17, 15) is 10.2 Å². The van der Waals surface area contributed by atoms with Crippen molar-refractivity contribution in [2.24, 2.45) is 0 Å². The van der Waals surface area contributed by atoms with Gasteiger partial charge in [0.1, 0.15) is 34.5 Å². The van der Waals surface area contributed by atoms with Crippen molar-refractivity contribution in [3.05, 3.63) is 106 Å². The fourth-order valence-electron chi connectivity index (χ4n) is 5.17. The highest BCUT2D eigenvalue weighted by atomic mass is 16.5. The topological polar surface area (TPSA) is 58.9 Å². The highest BCUT2D eigenvalue weighted by molar-refractivity contribution is 5.76. The van der Waals surface area contributed by atoms with E-state index in [1.165, 1.54) is 0 Å². The molecule has 4 nitrogen and oxygen atoms in total. The summed E-state index contributed by atoms with van der Waals surface area (Å²) in [5, 5.41) is 21.1. The largest absolute Gasteiger partial charge is 0.508 e. The Morgan fingerprint density at radius 1 is 0.656 bits per heavy atom. The maximum Gasteiger partial charge on any atom is 0.135 e. The van der Waals surface area contributed by atoms with Gasteiger partial charge in [0.2, 0.25) is 0 Å². The van der Waals surface area contributed by atoms with Crippen molar-refractivity contribution in [1.29, 1.82) is 0 Å². The number of rotatable bonds is 1. The lowest BCUT2D eigenvalue weighted by atomic mass is 9.62. The van der Waals surface area contributed by atoms with Crippen molar-refractivity contribution in [2.75, 3.05) is 0 Å². The molecule has 6 rings (SSSR count). The maximum absolute atomic E-state index is 10.6. The third kappa shape index (κ3) is 2.32. The highest BCUT2D eigenvalue weighted by Gasteiger charge is 2.51. The molecule has 0 fully saturated rings. The molecule has 0 radical (unpaired) electrons. The van der Waals surface area contributed by atoms with Gasteiger partial charge in [-0.05, 0) is 48.7 Å². The van der Waals surface area contributed by atoms with Crippen molar-refractivity contribution in [3.63, 3.8) is 0 Å². The third-order valence-electron chi connectivity index (χ3n) is 6.69. The molecule has 0 aromatic heterocycles. The van der Waals surface area contributed by atoms with Crippen LogP contribution >= 0.6 is 0 Å². The summed E-state index contributed by atoms with van der Waals surface area (Å²) in [4.78, 5) is 0. The van der Waals surface area contributed by atoms with E-state index in [0.717, 1.165) is 44.9 Å². The molecule has 158 valence electrons. The SMILES string of the molecule is CCc1cc2c(cc1O)Oc1cc(O)c(C)cc1C21c2ccccc2Oc2ccccc21. The van der Waals surface area contributed by atoms with Crippen molar-refractivity contribution in [1.82, 2.24) is 0 Å². The van der Waals surface area contributed by atoms with E-state index in [2.05, 4.69) is 18.2 Å². The van der Waals surface area contributed by atoms with E-state index in [0.29, 0.717) is 17.9 Å². The van der Waals surface area contributed by atoms with Crippen LogP contribution < -0.4 is 9.47 Å². The minimum Gasteiger partial charge on any atom is -0.508 e. The summed E-state index contributed by atoms with van der Waals surface area (Å²) in [5.41, 5.74) is 4.80. The molecule has 1 spiro atoms. The Labute approximate surface area is 186 Å². The Kier molecular flexibility index (Phi) is 3.84. The molecule has 0 aliphatic carbocycles. The van der Waals surface area contributed by atoms with Gasteiger partial charge in [-0.15, -0.1) is 0 Å². The molecule has 4 aromatic rings. The third-order valence-corrected chi connectivity index (χ3v) is 6.69. The maximum atomic E-state index is 10.6. The number of phenols is 2. The average molecular weight is 422 g/mol. The van der Waals surface area contributed by atoms with E-state index >= 15 is 0 Å². The van der Waals surface area contributed by atoms with Gasteiger partial charge in [-0.25, -0.2) is 0 Å². The lowest BCUT2D eigenvalue weighted by molar-refractivity contribution is 0.390. The predicted molar refractivity (Wildman–Crippen MR) is 122 cm³/mol. The molecule has 4 heteroatoms. The summed E-state index contributed by atoms with van der Waals surface area (Å²) < 4.78 is 12.6. The molecule has 2 aliphatic rings. The molecule has 0 amide bonds. The van der Waals surface area contributed by atoms with Crippen molar-refractivity contribution < 1.29 is 19.7 Å². The number of hydrogen-bond donors (Lipinski definition) is 2. The van der Waals surface area contributed by atoms with Crippen molar-refractivity contribution in [3.8, 4) is 34.5 Å². The number of ether oxygens (including phenoxy) is 2. The molecule has 2 N–H and O–H groups in total. The first-order valence-corrected chi connectivity index (χ1v) is 10.8. The zero-order chi connectivity index (χ0) is 22.0. The summed E-state index contributed by atoms with van der Waals surface area (Å²) in [6.07, 6.45) is 0.691. The number of para-hydroxylation sites is 2. The normalized spacial score (nSPS) is 14.4. The number of benzene rings is 4. The van der Waals surface area contributed by atoms with Gasteiger partial charge in [-0.2, -0.15) is 0 Å². The molecule has 2 aliphatic heterocycles. The van der Waals surface area contributed by atoms with Crippen molar-refractivity contribution in [2.45, 2.75) is 25.7 Å². The number of aromatic hydroxyl groups is 2. The van der Waals surface area contributed by atoms with Gasteiger partial charge < -0.3 is 19.7 Å². The van der Waals surface area contributed by atoms with Crippen LogP contribution in [0.2, 0.25) is 0 Å². The molecular weight excluding hydrogens is 400 g/mol. The van der Waals surface area contributed by atoms with Crippen molar-refractivity contribution >= 4 is 0 Å². The number of hydrogen-bond acceptors (Lipinski definition) is 4. The van der Waals surface area contributed by atoms with Crippen LogP contribution in [0.15, 0.2) is 72.8 Å². The zero-order valence-electron chi connectivity index (χ0n) is 17.8. The molecule has 2 heterocycles. The molecule has 32 heavy (non-hydrogen) atoms. The summed E-state index contributed by atoms with van der Waals surface area (Å²) >= 11 is 0. The lowest BCUT2D eigenvalue weighted by Crippen LogP contribution is -2.37. The Hall–Kier alpha value is -3.92. The average Bonchev–Trinajstić information content (AvgIpc) is 2.80. The molecule has 0 saturated carbocycles. The zero-order valence-corrected chi connectivity index (χ0v) is 17.8. The predicted octanol–water partition coefficient (Wildman–Crippen LogP) is 6.56. The van der Waals surface area contributed by atoms with Crippen LogP contribution in [0.25, 0.3) is 0 Å². The van der Waals surface area contributed by atoms with Crippen LogP contribution in [0, 0.1) is 6.92 Å². The van der Waals surface area contributed by atoms with Gasteiger partial charge in [0.25, 0.3) is 0 Å². The van der Waals surface area contributed by atoms with Gasteiger partial charge in [0.05, 0.1) is 5.41 Å². The second-order valence-corrected chi connectivity index (χ2v) is 8.41. The minimum absolute atomic E-state index is 0.172. The fraction of sp³-hybridized carbons (Fsp3) is 0.143. The monoisotopic (exact) mass is 422 g/mol. The summed E-state index contributed by atoms with van der Waals surface area (Å²) in [7, 11) is 0. The van der Waals surface area contributed by atoms with Crippen LogP contribution in [-0.2, 0) is 11.8 Å². The summed E-state index contributed by atoms with van der Waals surface area (Å²) in [5.74, 6) is 3.07. The lowest BCUT2D eigenvalue weighted by Gasteiger charge is -2.45. The van der Waals surface area contributed by atoms with Gasteiger partial charge in [-0.3, -0.25) is 0 Å². The van der Waals surface area contributed by atoms with Crippen LogP contribution in [0.5, 0.6) is 34.5 Å². The number of phenolic OH excluding ortho intramolecular Hbond substituents is 2. The molecular formula is C28H22O4. The first-order valence-electron chi connectivity index (χ1n) is 10.8. The van der Waals surface area contributed by atoms with E-state index in [1.54, 1.807) is 12.1 Å². The van der Waals surface area contributed by atoms with Crippen LogP contribution in [0.4, 0.5) is 0 Å². The first kappa shape index (κ1) is 18.8. The smallest absolute Gasteiger partial charge is 0.135 e. The summed E-state index contributed by atoms with van der Waals surface area (Å²) in [6.45, 7) is 3.92. The quantitative estimate of drug-likeness (QED) is 0.315. The molecule has 0 bridgehead atoms. The second kappa shape index (κ2) is 6.54. The van der Waals surface area contributed by atoms with E-state index < -0.39 is 5.41 Å². The summed E-state index contributed by atoms with van der Waals surface area (Å²) in [6, 6.07) is 23.5. The Bertz CT molecular complexity index is 1360. The van der Waals surface area contributed by atoms with E-state index in [1.807, 2.05) is 56.3 Å². The van der Waals surface area contributed by atoms with Gasteiger partial charge in [0.15, 0.2) is 0 Å². The molecule has 0 unspecified atom stereocenters. The molecule has 4 aromatic carbocycles. The second-order valence-electron chi connectivity index (χ2n) is 8.41. The van der Waals surface area contributed by atoms with Gasteiger partial charge in [0, 0.05) is 34.4 Å². The van der Waals surface area contributed by atoms with Gasteiger partial charge >= 0.3 is 0 Å². The number of fused-ring (bicyclic) bond motifs is 8. The van der Waals surface area contributed by atoms with Crippen LogP contribution in [0.3, 0.4) is 0 Å². The van der Waals surface area contributed by atoms with E-state index in [-0.39, 0.29) is 11.5 Å². The Morgan fingerprint density at radius 3 is 1.81 bits per heavy atom. The number of aryl methyl sites for hydroxylation is 2. The van der Waals surface area contributed by atoms with Gasteiger partial charge in [-0.1, -0.05) is 43.3 Å². The van der Waals surface area contributed by atoms with Crippen LogP contribution in [0.1, 0.15) is 40.3 Å². The standard InChI is InChI=1S/C28H22O4/c1-3-17-13-21-27(15-23(17)30)32-26-14-22(29)16(2)12-20(26)28(21)18-8-4-6-10-24(18)31-25-11-7-5-9-19(25)28/h4-15,29-30H,3H2,1-2H3. The Morgan fingerprint density at radius 2 is 1.19 bits per heavy atom. The minimum atomic E-state index is -0.718. The fourth-order valence-corrected chi connectivity index (χ4v) is 5.17. The first-order chi connectivity index (χ1) is 15.5. The van der Waals surface area contributed by atoms with Crippen LogP contribution in [-0.4, -0.2) is 10.2 Å². The van der Waals surface area contributed by atoms with E-state index in [4.69, 9.17) is 9.47 Å². The highest BCUT2D eigenvalue weighted by Crippen LogP contribution is 2.62. The molecule has 0 saturated heterocycles. The Balaban J connectivity index is 1.85.